The fourth-order valence-electron chi connectivity index (χ4n) is 3.66. The molecule has 0 spiro atoms. The number of aromatic nitrogens is 3. The van der Waals surface area contributed by atoms with Gasteiger partial charge < -0.3 is 21.4 Å². The van der Waals surface area contributed by atoms with Gasteiger partial charge in [0.25, 0.3) is 5.56 Å². The zero-order valence-corrected chi connectivity index (χ0v) is 16.0. The van der Waals surface area contributed by atoms with Crippen molar-refractivity contribution in [2.24, 2.45) is 5.73 Å². The summed E-state index contributed by atoms with van der Waals surface area (Å²) in [7, 11) is 0. The summed E-state index contributed by atoms with van der Waals surface area (Å²) in [6, 6.07) is 6.27. The van der Waals surface area contributed by atoms with Gasteiger partial charge in [0.15, 0.2) is 0 Å². The second-order valence-corrected chi connectivity index (χ2v) is 7.37. The minimum atomic E-state index is -4.48. The van der Waals surface area contributed by atoms with Crippen LogP contribution in [0.25, 0.3) is 10.9 Å². The number of hydrogen-bond acceptors (Lipinski definition) is 6. The molecule has 30 heavy (non-hydrogen) atoms. The van der Waals surface area contributed by atoms with Gasteiger partial charge in [-0.1, -0.05) is 18.9 Å². The van der Waals surface area contributed by atoms with Gasteiger partial charge in [-0.3, -0.25) is 4.79 Å². The van der Waals surface area contributed by atoms with Crippen molar-refractivity contribution in [2.75, 3.05) is 10.6 Å². The number of fused-ring (bicyclic) bond motifs is 1. The Morgan fingerprint density at radius 3 is 2.70 bits per heavy atom. The fraction of sp³-hybridized carbons (Fsp3) is 0.350. The lowest BCUT2D eigenvalue weighted by Crippen LogP contribution is -2.43. The van der Waals surface area contributed by atoms with Gasteiger partial charge in [-0.2, -0.15) is 18.2 Å². The van der Waals surface area contributed by atoms with Gasteiger partial charge in [0, 0.05) is 24.0 Å². The first kappa shape index (κ1) is 20.1. The molecule has 1 aromatic carbocycles. The molecule has 1 aliphatic carbocycles. The number of pyridine rings is 1. The van der Waals surface area contributed by atoms with Crippen LogP contribution < -0.4 is 21.9 Å². The molecule has 2 atom stereocenters. The first-order valence-corrected chi connectivity index (χ1v) is 9.67. The van der Waals surface area contributed by atoms with E-state index in [1.807, 2.05) is 0 Å². The summed E-state index contributed by atoms with van der Waals surface area (Å²) in [6.45, 7) is 0. The van der Waals surface area contributed by atoms with Gasteiger partial charge in [0.05, 0.1) is 11.1 Å². The molecular formula is C20H21F3N6O. The molecule has 158 valence electrons. The van der Waals surface area contributed by atoms with Gasteiger partial charge in [-0.15, -0.1) is 0 Å². The van der Waals surface area contributed by atoms with Crippen LogP contribution in [0.5, 0.6) is 0 Å². The van der Waals surface area contributed by atoms with Crippen LogP contribution in [0.1, 0.15) is 31.2 Å². The zero-order chi connectivity index (χ0) is 21.3. The molecule has 2 heterocycles. The van der Waals surface area contributed by atoms with Crippen LogP contribution in [0.4, 0.5) is 30.6 Å². The number of rotatable bonds is 4. The molecule has 2 aromatic heterocycles. The van der Waals surface area contributed by atoms with Crippen molar-refractivity contribution in [2.45, 2.75) is 43.9 Å². The first-order chi connectivity index (χ1) is 14.3. The van der Waals surface area contributed by atoms with Crippen molar-refractivity contribution < 1.29 is 13.2 Å². The molecule has 0 saturated heterocycles. The van der Waals surface area contributed by atoms with E-state index in [1.165, 1.54) is 18.3 Å². The first-order valence-electron chi connectivity index (χ1n) is 9.67. The molecule has 4 rings (SSSR count). The summed E-state index contributed by atoms with van der Waals surface area (Å²) in [5.41, 5.74) is 5.48. The summed E-state index contributed by atoms with van der Waals surface area (Å²) < 4.78 is 39.2. The number of anilines is 3. The van der Waals surface area contributed by atoms with Gasteiger partial charge in [0.1, 0.15) is 11.2 Å². The highest BCUT2D eigenvalue weighted by Crippen LogP contribution is 2.32. The van der Waals surface area contributed by atoms with Crippen LogP contribution >= 0.6 is 0 Å². The molecule has 7 nitrogen and oxygen atoms in total. The minimum absolute atomic E-state index is 0.0143. The van der Waals surface area contributed by atoms with Gasteiger partial charge in [-0.05, 0) is 37.1 Å². The Balaban J connectivity index is 1.73. The van der Waals surface area contributed by atoms with Crippen molar-refractivity contribution in [3.05, 3.63) is 52.4 Å². The number of aromatic amines is 1. The summed E-state index contributed by atoms with van der Waals surface area (Å²) in [5, 5.41) is 6.23. The van der Waals surface area contributed by atoms with Crippen molar-refractivity contribution in [3.63, 3.8) is 0 Å². The van der Waals surface area contributed by atoms with E-state index in [9.17, 15) is 18.0 Å². The summed E-state index contributed by atoms with van der Waals surface area (Å²) in [5.74, 6) is 0.387. The predicted molar refractivity (Wildman–Crippen MR) is 109 cm³/mol. The minimum Gasteiger partial charge on any atom is -0.350 e. The Hall–Kier alpha value is -3.14. The highest BCUT2D eigenvalue weighted by atomic mass is 19.4. The van der Waals surface area contributed by atoms with Gasteiger partial charge in [-0.25, -0.2) is 4.98 Å². The molecule has 1 aliphatic rings. The lowest BCUT2D eigenvalue weighted by Gasteiger charge is -2.29. The molecule has 3 aromatic rings. The SMILES string of the molecule is NC1CCCCC1Nc1nc(Nc2cccc(C(F)(F)F)c2)c2c(=O)[nH]ccc2n1. The van der Waals surface area contributed by atoms with E-state index in [0.717, 1.165) is 37.8 Å². The van der Waals surface area contributed by atoms with Crippen LogP contribution in [0.3, 0.4) is 0 Å². The number of halogens is 3. The van der Waals surface area contributed by atoms with Crippen LogP contribution in [0.2, 0.25) is 0 Å². The number of H-pyrrole nitrogens is 1. The van der Waals surface area contributed by atoms with Crippen molar-refractivity contribution >= 4 is 28.4 Å². The monoisotopic (exact) mass is 418 g/mol. The van der Waals surface area contributed by atoms with E-state index in [-0.39, 0.29) is 34.9 Å². The summed E-state index contributed by atoms with van der Waals surface area (Å²) in [4.78, 5) is 23.7. The van der Waals surface area contributed by atoms with E-state index in [1.54, 1.807) is 6.07 Å². The molecule has 0 radical (unpaired) electrons. The fourth-order valence-corrected chi connectivity index (χ4v) is 3.66. The lowest BCUT2D eigenvalue weighted by molar-refractivity contribution is -0.137. The Bertz CT molecular complexity index is 1110. The maximum atomic E-state index is 13.1. The number of nitrogens with zero attached hydrogens (tertiary/aromatic N) is 2. The van der Waals surface area contributed by atoms with Crippen molar-refractivity contribution in [1.29, 1.82) is 0 Å². The third-order valence-corrected chi connectivity index (χ3v) is 5.21. The summed E-state index contributed by atoms with van der Waals surface area (Å²) in [6.07, 6.45) is 0.840. The number of nitrogens with two attached hydrogens (primary N) is 1. The van der Waals surface area contributed by atoms with Crippen LogP contribution in [0.15, 0.2) is 41.3 Å². The highest BCUT2D eigenvalue weighted by Gasteiger charge is 2.30. The maximum Gasteiger partial charge on any atom is 0.416 e. The molecule has 1 fully saturated rings. The number of hydrogen-bond donors (Lipinski definition) is 4. The second kappa shape index (κ2) is 7.94. The van der Waals surface area contributed by atoms with E-state index >= 15 is 0 Å². The molecule has 0 amide bonds. The van der Waals surface area contributed by atoms with E-state index in [2.05, 4.69) is 25.6 Å². The van der Waals surface area contributed by atoms with Crippen LogP contribution in [0, 0.1) is 0 Å². The van der Waals surface area contributed by atoms with Crippen LogP contribution in [-0.2, 0) is 6.18 Å². The zero-order valence-electron chi connectivity index (χ0n) is 16.0. The van der Waals surface area contributed by atoms with Gasteiger partial charge >= 0.3 is 6.18 Å². The normalized spacial score (nSPS) is 19.6. The van der Waals surface area contributed by atoms with E-state index in [4.69, 9.17) is 5.73 Å². The van der Waals surface area contributed by atoms with Gasteiger partial charge in [0.2, 0.25) is 5.95 Å². The number of benzene rings is 1. The quantitative estimate of drug-likeness (QED) is 0.514. The van der Waals surface area contributed by atoms with E-state index < -0.39 is 17.3 Å². The van der Waals surface area contributed by atoms with Crippen LogP contribution in [-0.4, -0.2) is 27.0 Å². The highest BCUT2D eigenvalue weighted by molar-refractivity contribution is 5.90. The topological polar surface area (TPSA) is 109 Å². The summed E-state index contributed by atoms with van der Waals surface area (Å²) >= 11 is 0. The molecule has 1 saturated carbocycles. The molecule has 0 bridgehead atoms. The largest absolute Gasteiger partial charge is 0.416 e. The van der Waals surface area contributed by atoms with E-state index in [0.29, 0.717) is 5.52 Å². The maximum absolute atomic E-state index is 13.1. The smallest absolute Gasteiger partial charge is 0.350 e. The number of alkyl halides is 3. The third kappa shape index (κ3) is 4.23. The van der Waals surface area contributed by atoms with Crippen molar-refractivity contribution in [3.8, 4) is 0 Å². The molecule has 0 aliphatic heterocycles. The average Bonchev–Trinajstić information content (AvgIpc) is 2.69. The second-order valence-electron chi connectivity index (χ2n) is 7.37. The Labute approximate surface area is 169 Å². The Morgan fingerprint density at radius 2 is 1.93 bits per heavy atom. The molecule has 5 N–H and O–H groups in total. The molecular weight excluding hydrogens is 397 g/mol. The average molecular weight is 418 g/mol. The number of nitrogens with one attached hydrogen (secondary N) is 3. The lowest BCUT2D eigenvalue weighted by atomic mass is 9.91. The van der Waals surface area contributed by atoms with Crippen molar-refractivity contribution in [1.82, 2.24) is 15.0 Å². The Morgan fingerprint density at radius 1 is 1.13 bits per heavy atom. The molecule has 10 heteroatoms. The third-order valence-electron chi connectivity index (χ3n) is 5.21. The standard InChI is InChI=1S/C20H21F3N6O/c21-20(22,23)11-4-3-5-12(10-11)26-17-16-15(8-9-25-18(16)30)28-19(29-17)27-14-7-2-1-6-13(14)24/h3-5,8-10,13-14H,1-2,6-7,24H2,(H,25,30)(H2,26,27,28,29). The Kier molecular flexibility index (Phi) is 5.33. The molecule has 2 unspecified atom stereocenters. The predicted octanol–water partition coefficient (Wildman–Crippen LogP) is 3.76.